The van der Waals surface area contributed by atoms with E-state index in [-0.39, 0.29) is 5.78 Å². The van der Waals surface area contributed by atoms with Crippen molar-refractivity contribution in [2.45, 2.75) is 46.5 Å². The molecular formula is C13H22O. The molecular weight excluding hydrogens is 172 g/mol. The average Bonchev–Trinajstić information content (AvgIpc) is 2.13. The quantitative estimate of drug-likeness (QED) is 0.562. The molecule has 0 aromatic heterocycles. The third-order valence-corrected chi connectivity index (χ3v) is 2.39. The summed E-state index contributed by atoms with van der Waals surface area (Å²) in [6.45, 7) is 9.71. The van der Waals surface area contributed by atoms with Crippen LogP contribution in [0.5, 0.6) is 0 Å². The van der Waals surface area contributed by atoms with E-state index in [2.05, 4.69) is 26.5 Å². The molecule has 0 spiro atoms. The normalized spacial score (nSPS) is 13.8. The van der Waals surface area contributed by atoms with Crippen molar-refractivity contribution in [2.24, 2.45) is 5.92 Å². The van der Waals surface area contributed by atoms with Crippen LogP contribution in [0.1, 0.15) is 46.5 Å². The fourth-order valence-corrected chi connectivity index (χ4v) is 1.20. The molecule has 0 rings (SSSR count). The smallest absolute Gasteiger partial charge is 0.130 e. The highest BCUT2D eigenvalue weighted by Gasteiger charge is 1.97. The molecule has 14 heavy (non-hydrogen) atoms. The second kappa shape index (κ2) is 7.54. The van der Waals surface area contributed by atoms with Crippen molar-refractivity contribution < 1.29 is 4.79 Å². The Morgan fingerprint density at radius 2 is 2.00 bits per heavy atom. The van der Waals surface area contributed by atoms with Crippen LogP contribution in [0.15, 0.2) is 24.3 Å². The predicted molar refractivity (Wildman–Crippen MR) is 62.3 cm³/mol. The second-order valence-corrected chi connectivity index (χ2v) is 4.04. The Balaban J connectivity index is 3.66. The van der Waals surface area contributed by atoms with E-state index >= 15 is 0 Å². The third kappa shape index (κ3) is 7.78. The number of carbonyl (C=O) groups is 1. The van der Waals surface area contributed by atoms with E-state index in [4.69, 9.17) is 0 Å². The van der Waals surface area contributed by atoms with Gasteiger partial charge in [-0.1, -0.05) is 24.6 Å². The van der Waals surface area contributed by atoms with Gasteiger partial charge in [-0.3, -0.25) is 0 Å². The van der Waals surface area contributed by atoms with Gasteiger partial charge in [-0.25, -0.2) is 0 Å². The lowest BCUT2D eigenvalue weighted by Gasteiger charge is -2.05. The summed E-state index contributed by atoms with van der Waals surface area (Å²) in [5, 5.41) is 0. The van der Waals surface area contributed by atoms with Gasteiger partial charge in [-0.05, 0) is 39.0 Å². The number of hydrogen-bond donors (Lipinski definition) is 0. The zero-order valence-electron chi connectivity index (χ0n) is 9.68. The molecule has 0 amide bonds. The fourth-order valence-electron chi connectivity index (χ4n) is 1.20. The van der Waals surface area contributed by atoms with Gasteiger partial charge < -0.3 is 4.79 Å². The number of Topliss-reactive ketones (excluding diaryl/α,β-unsaturated/α-hetero) is 1. The minimum Gasteiger partial charge on any atom is -0.300 e. The van der Waals surface area contributed by atoms with E-state index in [1.165, 1.54) is 5.57 Å². The van der Waals surface area contributed by atoms with E-state index in [9.17, 15) is 4.79 Å². The Hall–Kier alpha value is -0.850. The molecule has 0 aliphatic rings. The molecule has 0 bridgehead atoms. The summed E-state index contributed by atoms with van der Waals surface area (Å²) in [4.78, 5) is 10.7. The molecule has 80 valence electrons. The Morgan fingerprint density at radius 3 is 2.50 bits per heavy atom. The molecule has 0 radical (unpaired) electrons. The lowest BCUT2D eigenvalue weighted by molar-refractivity contribution is -0.116. The topological polar surface area (TPSA) is 17.1 Å². The maximum Gasteiger partial charge on any atom is 0.130 e. The lowest BCUT2D eigenvalue weighted by Crippen LogP contribution is -1.91. The second-order valence-electron chi connectivity index (χ2n) is 4.04. The van der Waals surface area contributed by atoms with Gasteiger partial charge in [0, 0.05) is 6.42 Å². The molecule has 0 fully saturated rings. The maximum atomic E-state index is 10.7. The van der Waals surface area contributed by atoms with Crippen molar-refractivity contribution in [3.8, 4) is 0 Å². The first-order valence-electron chi connectivity index (χ1n) is 5.34. The largest absolute Gasteiger partial charge is 0.300 e. The first kappa shape index (κ1) is 13.2. The standard InChI is InChI=1S/C13H22O/c1-5-11(2)9-10-12(3)7-6-8-13(4)14/h5,7,11H,1,6,8-10H2,2-4H3/b12-7+. The van der Waals surface area contributed by atoms with Gasteiger partial charge in [0.2, 0.25) is 0 Å². The van der Waals surface area contributed by atoms with Crippen molar-refractivity contribution >= 4 is 5.78 Å². The summed E-state index contributed by atoms with van der Waals surface area (Å²) >= 11 is 0. The van der Waals surface area contributed by atoms with Crippen LogP contribution < -0.4 is 0 Å². The molecule has 1 atom stereocenters. The van der Waals surface area contributed by atoms with Gasteiger partial charge in [-0.2, -0.15) is 0 Å². The molecule has 0 heterocycles. The van der Waals surface area contributed by atoms with Gasteiger partial charge in [-0.15, -0.1) is 6.58 Å². The van der Waals surface area contributed by atoms with Gasteiger partial charge >= 0.3 is 0 Å². The number of ketones is 1. The molecule has 1 unspecified atom stereocenters. The summed E-state index contributed by atoms with van der Waals surface area (Å²) < 4.78 is 0. The molecule has 0 saturated carbocycles. The SMILES string of the molecule is C=CC(C)CC/C(C)=C/CCC(C)=O. The van der Waals surface area contributed by atoms with Crippen LogP contribution in [0.3, 0.4) is 0 Å². The number of rotatable bonds is 7. The van der Waals surface area contributed by atoms with Crippen LogP contribution in [0.25, 0.3) is 0 Å². The number of carbonyl (C=O) groups excluding carboxylic acids is 1. The van der Waals surface area contributed by atoms with E-state index in [0.717, 1.165) is 19.3 Å². The van der Waals surface area contributed by atoms with Crippen LogP contribution in [0.2, 0.25) is 0 Å². The van der Waals surface area contributed by atoms with E-state index in [0.29, 0.717) is 12.3 Å². The predicted octanol–water partition coefficient (Wildman–Crippen LogP) is 3.90. The first-order valence-corrected chi connectivity index (χ1v) is 5.34. The third-order valence-electron chi connectivity index (χ3n) is 2.39. The zero-order valence-corrected chi connectivity index (χ0v) is 9.68. The minimum atomic E-state index is 0.272. The Kier molecular flexibility index (Phi) is 7.09. The molecule has 0 aromatic rings. The van der Waals surface area contributed by atoms with E-state index in [1.54, 1.807) is 6.92 Å². The minimum absolute atomic E-state index is 0.272. The van der Waals surface area contributed by atoms with Crippen molar-refractivity contribution in [3.05, 3.63) is 24.3 Å². The Labute approximate surface area is 87.9 Å². The molecule has 0 saturated heterocycles. The van der Waals surface area contributed by atoms with Gasteiger partial charge in [0.05, 0.1) is 0 Å². The summed E-state index contributed by atoms with van der Waals surface area (Å²) in [5.41, 5.74) is 1.39. The highest BCUT2D eigenvalue weighted by Crippen LogP contribution is 2.13. The summed E-state index contributed by atoms with van der Waals surface area (Å²) in [6.07, 6.45) is 8.01. The van der Waals surface area contributed by atoms with Crippen LogP contribution in [0.4, 0.5) is 0 Å². The summed E-state index contributed by atoms with van der Waals surface area (Å²) in [6, 6.07) is 0. The summed E-state index contributed by atoms with van der Waals surface area (Å²) in [5.74, 6) is 0.861. The van der Waals surface area contributed by atoms with Crippen molar-refractivity contribution in [2.75, 3.05) is 0 Å². The maximum absolute atomic E-state index is 10.7. The van der Waals surface area contributed by atoms with Gasteiger partial charge in [0.25, 0.3) is 0 Å². The highest BCUT2D eigenvalue weighted by atomic mass is 16.1. The number of hydrogen-bond acceptors (Lipinski definition) is 1. The van der Waals surface area contributed by atoms with Crippen LogP contribution in [-0.2, 0) is 4.79 Å². The van der Waals surface area contributed by atoms with Crippen molar-refractivity contribution in [1.29, 1.82) is 0 Å². The van der Waals surface area contributed by atoms with Crippen LogP contribution in [-0.4, -0.2) is 5.78 Å². The Bertz CT molecular complexity index is 213. The Morgan fingerprint density at radius 1 is 1.36 bits per heavy atom. The van der Waals surface area contributed by atoms with E-state index in [1.807, 2.05) is 6.08 Å². The molecule has 1 heteroatoms. The zero-order chi connectivity index (χ0) is 11.0. The van der Waals surface area contributed by atoms with Crippen molar-refractivity contribution in [1.82, 2.24) is 0 Å². The van der Waals surface area contributed by atoms with Crippen LogP contribution >= 0.6 is 0 Å². The molecule has 0 aliphatic heterocycles. The van der Waals surface area contributed by atoms with Gasteiger partial charge in [0.15, 0.2) is 0 Å². The van der Waals surface area contributed by atoms with Crippen molar-refractivity contribution in [3.63, 3.8) is 0 Å². The lowest BCUT2D eigenvalue weighted by atomic mass is 10.0. The first-order chi connectivity index (χ1) is 6.56. The molecule has 0 N–H and O–H groups in total. The monoisotopic (exact) mass is 194 g/mol. The van der Waals surface area contributed by atoms with Crippen LogP contribution in [0, 0.1) is 5.92 Å². The molecule has 0 aliphatic carbocycles. The number of allylic oxidation sites excluding steroid dienone is 3. The fraction of sp³-hybridized carbons (Fsp3) is 0.615. The summed E-state index contributed by atoms with van der Waals surface area (Å²) in [7, 11) is 0. The average molecular weight is 194 g/mol. The molecule has 1 nitrogen and oxygen atoms in total. The molecule has 0 aromatic carbocycles. The van der Waals surface area contributed by atoms with E-state index < -0.39 is 0 Å². The van der Waals surface area contributed by atoms with Gasteiger partial charge in [0.1, 0.15) is 5.78 Å². The highest BCUT2D eigenvalue weighted by molar-refractivity contribution is 5.75.